The third-order valence-electron chi connectivity index (χ3n) is 3.68. The topological polar surface area (TPSA) is 53.7 Å². The quantitative estimate of drug-likeness (QED) is 0.874. The lowest BCUT2D eigenvalue weighted by Gasteiger charge is -2.34. The van der Waals surface area contributed by atoms with E-state index in [4.69, 9.17) is 4.42 Å². The van der Waals surface area contributed by atoms with Crippen LogP contribution in [0.5, 0.6) is 0 Å². The van der Waals surface area contributed by atoms with Gasteiger partial charge in [-0.05, 0) is 32.4 Å². The van der Waals surface area contributed by atoms with E-state index in [1.807, 2.05) is 24.9 Å². The van der Waals surface area contributed by atoms with Crippen LogP contribution in [0, 0.1) is 0 Å². The standard InChI is InChI=1S/C13H19NO3/c1-3-10(13(15)16)14(2)11-5-4-6-12-9(11)7-8-17-12/h7-8,10-11H,3-6H2,1-2H3,(H,15,16). The molecule has 2 atom stereocenters. The van der Waals surface area contributed by atoms with Crippen molar-refractivity contribution in [1.82, 2.24) is 4.90 Å². The van der Waals surface area contributed by atoms with E-state index >= 15 is 0 Å². The summed E-state index contributed by atoms with van der Waals surface area (Å²) in [6.07, 6.45) is 5.36. The number of carboxylic acid groups (broad SMARTS) is 1. The van der Waals surface area contributed by atoms with Crippen LogP contribution >= 0.6 is 0 Å². The summed E-state index contributed by atoms with van der Waals surface area (Å²) in [5.41, 5.74) is 1.17. The summed E-state index contributed by atoms with van der Waals surface area (Å²) in [6, 6.07) is 1.74. The van der Waals surface area contributed by atoms with Crippen LogP contribution in [-0.2, 0) is 11.2 Å². The van der Waals surface area contributed by atoms with Gasteiger partial charge in [-0.1, -0.05) is 6.92 Å². The van der Waals surface area contributed by atoms with Gasteiger partial charge in [0.1, 0.15) is 11.8 Å². The van der Waals surface area contributed by atoms with E-state index in [0.29, 0.717) is 6.42 Å². The number of hydrogen-bond acceptors (Lipinski definition) is 3. The molecule has 1 aromatic heterocycles. The van der Waals surface area contributed by atoms with Gasteiger partial charge >= 0.3 is 5.97 Å². The molecule has 1 aliphatic carbocycles. The maximum atomic E-state index is 11.2. The number of carbonyl (C=O) groups is 1. The van der Waals surface area contributed by atoms with Gasteiger partial charge in [-0.15, -0.1) is 0 Å². The highest BCUT2D eigenvalue weighted by Crippen LogP contribution is 2.35. The Labute approximate surface area is 101 Å². The Kier molecular flexibility index (Phi) is 3.52. The summed E-state index contributed by atoms with van der Waals surface area (Å²) >= 11 is 0. The van der Waals surface area contributed by atoms with E-state index < -0.39 is 12.0 Å². The molecule has 4 nitrogen and oxygen atoms in total. The smallest absolute Gasteiger partial charge is 0.320 e. The third kappa shape index (κ3) is 2.22. The molecular weight excluding hydrogens is 218 g/mol. The van der Waals surface area contributed by atoms with Crippen LogP contribution in [0.25, 0.3) is 0 Å². The summed E-state index contributed by atoms with van der Waals surface area (Å²) in [5, 5.41) is 9.21. The Hall–Kier alpha value is -1.29. The van der Waals surface area contributed by atoms with Crippen molar-refractivity contribution in [1.29, 1.82) is 0 Å². The van der Waals surface area contributed by atoms with Crippen LogP contribution in [0.15, 0.2) is 16.7 Å². The van der Waals surface area contributed by atoms with Crippen molar-refractivity contribution < 1.29 is 14.3 Å². The third-order valence-corrected chi connectivity index (χ3v) is 3.68. The van der Waals surface area contributed by atoms with E-state index in [2.05, 4.69) is 0 Å². The zero-order chi connectivity index (χ0) is 12.4. The van der Waals surface area contributed by atoms with Crippen molar-refractivity contribution in [2.75, 3.05) is 7.05 Å². The Morgan fingerprint density at radius 1 is 1.71 bits per heavy atom. The van der Waals surface area contributed by atoms with Crippen molar-refractivity contribution in [2.24, 2.45) is 0 Å². The molecule has 0 spiro atoms. The lowest BCUT2D eigenvalue weighted by molar-refractivity contribution is -0.144. The van der Waals surface area contributed by atoms with Gasteiger partial charge in [-0.25, -0.2) is 0 Å². The molecule has 2 rings (SSSR count). The fourth-order valence-electron chi connectivity index (χ4n) is 2.74. The number of nitrogens with zero attached hydrogens (tertiary/aromatic N) is 1. The molecule has 94 valence electrons. The first kappa shape index (κ1) is 12.2. The van der Waals surface area contributed by atoms with Gasteiger partial charge in [-0.2, -0.15) is 0 Å². The van der Waals surface area contributed by atoms with E-state index in [0.717, 1.165) is 25.0 Å². The number of likely N-dealkylation sites (N-methyl/N-ethyl adjacent to an activating group) is 1. The average Bonchev–Trinajstić information content (AvgIpc) is 2.76. The molecule has 0 radical (unpaired) electrons. The molecule has 0 aromatic carbocycles. The predicted octanol–water partition coefficient (Wildman–Crippen LogP) is 2.45. The highest BCUT2D eigenvalue weighted by molar-refractivity contribution is 5.73. The minimum atomic E-state index is -0.745. The van der Waals surface area contributed by atoms with Crippen molar-refractivity contribution in [3.05, 3.63) is 23.7 Å². The number of aryl methyl sites for hydroxylation is 1. The molecule has 0 amide bonds. The molecule has 4 heteroatoms. The molecule has 1 aliphatic rings. The highest BCUT2D eigenvalue weighted by atomic mass is 16.4. The minimum absolute atomic E-state index is 0.179. The van der Waals surface area contributed by atoms with Gasteiger partial charge < -0.3 is 9.52 Å². The second-order valence-corrected chi connectivity index (χ2v) is 4.63. The fraction of sp³-hybridized carbons (Fsp3) is 0.615. The maximum Gasteiger partial charge on any atom is 0.320 e. The predicted molar refractivity (Wildman–Crippen MR) is 63.9 cm³/mol. The van der Waals surface area contributed by atoms with Crippen LogP contribution in [0.2, 0.25) is 0 Å². The Morgan fingerprint density at radius 3 is 3.12 bits per heavy atom. The first-order valence-electron chi connectivity index (χ1n) is 6.16. The monoisotopic (exact) mass is 237 g/mol. The first-order valence-corrected chi connectivity index (χ1v) is 6.16. The lowest BCUT2D eigenvalue weighted by atomic mass is 9.91. The molecule has 0 saturated carbocycles. The maximum absolute atomic E-state index is 11.2. The van der Waals surface area contributed by atoms with Gasteiger partial charge in [0.2, 0.25) is 0 Å². The number of aliphatic carboxylic acids is 1. The molecule has 1 aromatic rings. The van der Waals surface area contributed by atoms with Gasteiger partial charge in [0.15, 0.2) is 0 Å². The lowest BCUT2D eigenvalue weighted by Crippen LogP contribution is -2.41. The Balaban J connectivity index is 2.21. The van der Waals surface area contributed by atoms with Crippen molar-refractivity contribution in [3.63, 3.8) is 0 Å². The second-order valence-electron chi connectivity index (χ2n) is 4.63. The molecule has 0 fully saturated rings. The van der Waals surface area contributed by atoms with E-state index in [-0.39, 0.29) is 6.04 Å². The van der Waals surface area contributed by atoms with Crippen molar-refractivity contribution in [2.45, 2.75) is 44.7 Å². The molecule has 1 N–H and O–H groups in total. The molecule has 0 aliphatic heterocycles. The van der Waals surface area contributed by atoms with E-state index in [1.165, 1.54) is 5.56 Å². The van der Waals surface area contributed by atoms with E-state index in [1.54, 1.807) is 6.26 Å². The van der Waals surface area contributed by atoms with Gasteiger partial charge in [-0.3, -0.25) is 9.69 Å². The van der Waals surface area contributed by atoms with Crippen LogP contribution in [0.3, 0.4) is 0 Å². The second kappa shape index (κ2) is 4.92. The summed E-state index contributed by atoms with van der Waals surface area (Å²) in [4.78, 5) is 13.2. The largest absolute Gasteiger partial charge is 0.480 e. The first-order chi connectivity index (χ1) is 8.15. The average molecular weight is 237 g/mol. The van der Waals surface area contributed by atoms with Crippen LogP contribution in [0.4, 0.5) is 0 Å². The molecule has 0 bridgehead atoms. The zero-order valence-corrected chi connectivity index (χ0v) is 10.3. The molecular formula is C13H19NO3. The zero-order valence-electron chi connectivity index (χ0n) is 10.3. The van der Waals surface area contributed by atoms with Gasteiger partial charge in [0, 0.05) is 18.0 Å². The SMILES string of the molecule is CCC(C(=O)O)N(C)C1CCCc2occc21. The summed E-state index contributed by atoms with van der Waals surface area (Å²) in [6.45, 7) is 1.91. The molecule has 0 saturated heterocycles. The Morgan fingerprint density at radius 2 is 2.47 bits per heavy atom. The molecule has 17 heavy (non-hydrogen) atoms. The van der Waals surface area contributed by atoms with Crippen molar-refractivity contribution >= 4 is 5.97 Å². The molecule has 2 unspecified atom stereocenters. The minimum Gasteiger partial charge on any atom is -0.480 e. The van der Waals surface area contributed by atoms with Crippen LogP contribution in [-0.4, -0.2) is 29.1 Å². The summed E-state index contributed by atoms with van der Waals surface area (Å²) < 4.78 is 5.44. The normalized spacial score (nSPS) is 21.2. The van der Waals surface area contributed by atoms with Crippen LogP contribution in [0.1, 0.15) is 43.6 Å². The number of hydrogen-bond donors (Lipinski definition) is 1. The van der Waals surface area contributed by atoms with Gasteiger partial charge in [0.25, 0.3) is 0 Å². The number of furan rings is 1. The highest BCUT2D eigenvalue weighted by Gasteiger charge is 2.31. The summed E-state index contributed by atoms with van der Waals surface area (Å²) in [7, 11) is 1.90. The summed E-state index contributed by atoms with van der Waals surface area (Å²) in [5.74, 6) is 0.277. The van der Waals surface area contributed by atoms with Crippen molar-refractivity contribution in [3.8, 4) is 0 Å². The number of fused-ring (bicyclic) bond motifs is 1. The molecule has 1 heterocycles. The number of carboxylic acids is 1. The van der Waals surface area contributed by atoms with Gasteiger partial charge in [0.05, 0.1) is 6.26 Å². The fourth-order valence-corrected chi connectivity index (χ4v) is 2.74. The Bertz CT molecular complexity index is 399. The van der Waals surface area contributed by atoms with E-state index in [9.17, 15) is 9.90 Å². The number of rotatable bonds is 4. The van der Waals surface area contributed by atoms with Crippen LogP contribution < -0.4 is 0 Å².